The topological polar surface area (TPSA) is 57.5 Å². The summed E-state index contributed by atoms with van der Waals surface area (Å²) in [6, 6.07) is 9.18. The number of aliphatic imine (C=N–C) groups is 1. The number of piperidine rings is 1. The van der Waals surface area contributed by atoms with E-state index in [-0.39, 0.29) is 0 Å². The number of aryl methyl sites for hydroxylation is 3. The van der Waals surface area contributed by atoms with Gasteiger partial charge >= 0.3 is 0 Å². The van der Waals surface area contributed by atoms with Crippen LogP contribution in [0.1, 0.15) is 54.8 Å². The van der Waals surface area contributed by atoms with Crippen LogP contribution in [0.2, 0.25) is 0 Å². The molecule has 0 bridgehead atoms. The third-order valence-electron chi connectivity index (χ3n) is 6.27. The van der Waals surface area contributed by atoms with Crippen molar-refractivity contribution < 1.29 is 0 Å². The Morgan fingerprint density at radius 2 is 1.90 bits per heavy atom. The average Bonchev–Trinajstić information content (AvgIpc) is 3.08. The first-order valence-corrected chi connectivity index (χ1v) is 11.3. The summed E-state index contributed by atoms with van der Waals surface area (Å²) < 4.78 is 2.02. The lowest BCUT2D eigenvalue weighted by atomic mass is 10.0. The molecule has 3 rings (SSSR count). The minimum Gasteiger partial charge on any atom is -0.354 e. The van der Waals surface area contributed by atoms with Gasteiger partial charge in [-0.25, -0.2) is 0 Å². The predicted octanol–water partition coefficient (Wildman–Crippen LogP) is 3.18. The van der Waals surface area contributed by atoms with Crippen molar-refractivity contribution in [3.05, 3.63) is 52.3 Å². The van der Waals surface area contributed by atoms with Crippen LogP contribution in [0.3, 0.4) is 0 Å². The second-order valence-electron chi connectivity index (χ2n) is 8.25. The number of nitrogens with one attached hydrogen (secondary N) is 2. The first-order chi connectivity index (χ1) is 14.5. The van der Waals surface area contributed by atoms with Crippen LogP contribution in [-0.2, 0) is 33.0 Å². The Balaban J connectivity index is 1.50. The van der Waals surface area contributed by atoms with Gasteiger partial charge in [0.25, 0.3) is 0 Å². The standard InChI is InChI=1S/C24H38N6/c1-6-22-21(23(7-2)29(5)28-22)16-26-24(25-4)27-20-12-14-30(15-13-20)17-19-11-9-8-10-18(19)3/h8-11,20H,6-7,12-17H2,1-5H3,(H2,25,26,27). The van der Waals surface area contributed by atoms with Gasteiger partial charge < -0.3 is 10.6 Å². The van der Waals surface area contributed by atoms with E-state index in [0.29, 0.717) is 6.04 Å². The molecule has 0 saturated carbocycles. The zero-order chi connectivity index (χ0) is 21.5. The first kappa shape index (κ1) is 22.3. The van der Waals surface area contributed by atoms with Crippen LogP contribution < -0.4 is 10.6 Å². The Morgan fingerprint density at radius 1 is 1.17 bits per heavy atom. The zero-order valence-corrected chi connectivity index (χ0v) is 19.3. The van der Waals surface area contributed by atoms with Crippen molar-refractivity contribution in [2.45, 2.75) is 65.6 Å². The fourth-order valence-corrected chi connectivity index (χ4v) is 4.42. The summed E-state index contributed by atoms with van der Waals surface area (Å²) >= 11 is 0. The van der Waals surface area contributed by atoms with E-state index in [2.05, 4.69) is 70.7 Å². The van der Waals surface area contributed by atoms with E-state index in [1.54, 1.807) is 0 Å². The molecule has 6 nitrogen and oxygen atoms in total. The van der Waals surface area contributed by atoms with E-state index in [0.717, 1.165) is 57.8 Å². The maximum absolute atomic E-state index is 4.68. The molecule has 0 aliphatic carbocycles. The highest BCUT2D eigenvalue weighted by Crippen LogP contribution is 2.17. The number of guanidine groups is 1. The van der Waals surface area contributed by atoms with Crippen LogP contribution in [0.5, 0.6) is 0 Å². The third-order valence-corrected chi connectivity index (χ3v) is 6.27. The van der Waals surface area contributed by atoms with Gasteiger partial charge in [0, 0.05) is 57.6 Å². The summed E-state index contributed by atoms with van der Waals surface area (Å²) in [5, 5.41) is 11.8. The Morgan fingerprint density at radius 3 is 2.53 bits per heavy atom. The van der Waals surface area contributed by atoms with Crippen LogP contribution in [0.15, 0.2) is 29.3 Å². The highest BCUT2D eigenvalue weighted by atomic mass is 15.3. The van der Waals surface area contributed by atoms with Crippen molar-refractivity contribution in [3.63, 3.8) is 0 Å². The van der Waals surface area contributed by atoms with Gasteiger partial charge in [-0.15, -0.1) is 0 Å². The lowest BCUT2D eigenvalue weighted by Crippen LogP contribution is -2.48. The molecule has 2 heterocycles. The van der Waals surface area contributed by atoms with Gasteiger partial charge in [-0.2, -0.15) is 5.10 Å². The molecule has 0 atom stereocenters. The molecule has 1 aliphatic rings. The van der Waals surface area contributed by atoms with Crippen molar-refractivity contribution in [3.8, 4) is 0 Å². The van der Waals surface area contributed by atoms with Gasteiger partial charge in [0.2, 0.25) is 0 Å². The van der Waals surface area contributed by atoms with E-state index >= 15 is 0 Å². The van der Waals surface area contributed by atoms with Gasteiger partial charge in [0.05, 0.1) is 5.69 Å². The predicted molar refractivity (Wildman–Crippen MR) is 125 cm³/mol. The van der Waals surface area contributed by atoms with E-state index in [9.17, 15) is 0 Å². The van der Waals surface area contributed by atoms with Crippen LogP contribution in [0.4, 0.5) is 0 Å². The molecule has 0 spiro atoms. The number of rotatable bonds is 7. The molecule has 164 valence electrons. The van der Waals surface area contributed by atoms with Crippen molar-refractivity contribution >= 4 is 5.96 Å². The number of nitrogens with zero attached hydrogens (tertiary/aromatic N) is 4. The maximum atomic E-state index is 4.68. The normalized spacial score (nSPS) is 16.1. The molecule has 1 fully saturated rings. The molecule has 1 saturated heterocycles. The smallest absolute Gasteiger partial charge is 0.191 e. The molecule has 1 aromatic carbocycles. The molecule has 6 heteroatoms. The van der Waals surface area contributed by atoms with Crippen LogP contribution >= 0.6 is 0 Å². The largest absolute Gasteiger partial charge is 0.354 e. The molecule has 1 aliphatic heterocycles. The van der Waals surface area contributed by atoms with Crippen LogP contribution in [-0.4, -0.2) is 46.8 Å². The third kappa shape index (κ3) is 5.42. The van der Waals surface area contributed by atoms with Gasteiger partial charge in [0.15, 0.2) is 5.96 Å². The fourth-order valence-electron chi connectivity index (χ4n) is 4.42. The minimum atomic E-state index is 0.467. The number of hydrogen-bond acceptors (Lipinski definition) is 3. The number of aromatic nitrogens is 2. The lowest BCUT2D eigenvalue weighted by Gasteiger charge is -2.33. The average molecular weight is 411 g/mol. The van der Waals surface area contributed by atoms with Crippen molar-refractivity contribution in [1.29, 1.82) is 0 Å². The molecule has 0 unspecified atom stereocenters. The Kier molecular flexibility index (Phi) is 7.91. The van der Waals surface area contributed by atoms with Crippen molar-refractivity contribution in [1.82, 2.24) is 25.3 Å². The first-order valence-electron chi connectivity index (χ1n) is 11.3. The molecule has 0 radical (unpaired) electrons. The van der Waals surface area contributed by atoms with E-state index in [1.807, 2.05) is 18.8 Å². The highest BCUT2D eigenvalue weighted by molar-refractivity contribution is 5.80. The minimum absolute atomic E-state index is 0.467. The molecule has 2 aromatic rings. The summed E-state index contributed by atoms with van der Waals surface area (Å²) in [5.41, 5.74) is 6.63. The maximum Gasteiger partial charge on any atom is 0.191 e. The summed E-state index contributed by atoms with van der Waals surface area (Å²) in [6.07, 6.45) is 4.22. The molecule has 1 aromatic heterocycles. The fraction of sp³-hybridized carbons (Fsp3) is 0.583. The van der Waals surface area contributed by atoms with Crippen LogP contribution in [0, 0.1) is 6.92 Å². The monoisotopic (exact) mass is 410 g/mol. The number of benzene rings is 1. The van der Waals surface area contributed by atoms with E-state index < -0.39 is 0 Å². The van der Waals surface area contributed by atoms with Crippen molar-refractivity contribution in [2.75, 3.05) is 20.1 Å². The molecule has 2 N–H and O–H groups in total. The number of likely N-dealkylation sites (tertiary alicyclic amines) is 1. The van der Waals surface area contributed by atoms with E-state index in [1.165, 1.54) is 28.1 Å². The highest BCUT2D eigenvalue weighted by Gasteiger charge is 2.21. The SMILES string of the molecule is CCc1nn(C)c(CC)c1CNC(=NC)NC1CCN(Cc2ccccc2C)CC1. The van der Waals surface area contributed by atoms with Crippen LogP contribution in [0.25, 0.3) is 0 Å². The lowest BCUT2D eigenvalue weighted by molar-refractivity contribution is 0.198. The van der Waals surface area contributed by atoms with E-state index in [4.69, 9.17) is 0 Å². The second kappa shape index (κ2) is 10.6. The Hall–Kier alpha value is -2.34. The van der Waals surface area contributed by atoms with Gasteiger partial charge in [-0.05, 0) is 43.7 Å². The van der Waals surface area contributed by atoms with Gasteiger partial charge in [-0.1, -0.05) is 38.1 Å². The molecule has 0 amide bonds. The Labute approximate surface area is 181 Å². The summed E-state index contributed by atoms with van der Waals surface area (Å²) in [5.74, 6) is 0.889. The Bertz CT molecular complexity index is 845. The molecule has 30 heavy (non-hydrogen) atoms. The van der Waals surface area contributed by atoms with Gasteiger partial charge in [0.1, 0.15) is 0 Å². The quantitative estimate of drug-likeness (QED) is 0.544. The second-order valence-corrected chi connectivity index (χ2v) is 8.25. The molecular weight excluding hydrogens is 372 g/mol. The van der Waals surface area contributed by atoms with Crippen molar-refractivity contribution in [2.24, 2.45) is 12.0 Å². The summed E-state index contributed by atoms with van der Waals surface area (Å²) in [6.45, 7) is 10.6. The summed E-state index contributed by atoms with van der Waals surface area (Å²) in [4.78, 5) is 7.03. The van der Waals surface area contributed by atoms with Gasteiger partial charge in [-0.3, -0.25) is 14.6 Å². The number of hydrogen-bond donors (Lipinski definition) is 2. The molecular formula is C24H38N6. The summed E-state index contributed by atoms with van der Waals surface area (Å²) in [7, 11) is 3.90. The zero-order valence-electron chi connectivity index (χ0n) is 19.3.